The molecule has 0 heterocycles. The minimum absolute atomic E-state index is 0.101. The Labute approximate surface area is 201 Å². The monoisotopic (exact) mass is 485 g/mol. The van der Waals surface area contributed by atoms with Gasteiger partial charge < -0.3 is 38.3 Å². The minimum atomic E-state index is -1.18. The van der Waals surface area contributed by atoms with Gasteiger partial charge >= 0.3 is 5.97 Å². The number of carbonyl (C=O) groups excluding carboxylic acids is 3. The number of hydrogen-bond acceptors (Lipinski definition) is 6. The first-order valence-corrected chi connectivity index (χ1v) is 11.6. The van der Waals surface area contributed by atoms with E-state index in [1.807, 2.05) is 13.8 Å². The van der Waals surface area contributed by atoms with Crippen molar-refractivity contribution in [1.29, 1.82) is 0 Å². The van der Waals surface area contributed by atoms with Gasteiger partial charge in [0.25, 0.3) is 0 Å². The van der Waals surface area contributed by atoms with E-state index in [9.17, 15) is 24.3 Å². The molecule has 4 unspecified atom stereocenters. The van der Waals surface area contributed by atoms with E-state index in [-0.39, 0.29) is 36.7 Å². The van der Waals surface area contributed by atoms with E-state index in [1.54, 1.807) is 27.7 Å². The molecule has 0 aliphatic heterocycles. The zero-order valence-electron chi connectivity index (χ0n) is 21.1. The van der Waals surface area contributed by atoms with E-state index in [4.69, 9.17) is 17.2 Å². The van der Waals surface area contributed by atoms with Gasteiger partial charge in [-0.3, -0.25) is 19.4 Å². The number of nitrogens with two attached hydrogens (primary N) is 3. The number of amides is 3. The third-order valence-electron chi connectivity index (χ3n) is 5.12. The summed E-state index contributed by atoms with van der Waals surface area (Å²) in [5.41, 5.74) is 16.6. The minimum Gasteiger partial charge on any atom is -0.480 e. The smallest absolute Gasteiger partial charge is 0.326 e. The number of aliphatic carboxylic acids is 1. The lowest BCUT2D eigenvalue weighted by Crippen LogP contribution is -2.58. The SMILES string of the molecule is CC(C)CC(N)C(=O)NC(C(=O)NC(CCCN=C(N)N)C(=O)NC(C(=O)O)C(C)C)C(C)C. The third kappa shape index (κ3) is 11.8. The molecule has 0 bridgehead atoms. The molecule has 3 amide bonds. The molecule has 0 rings (SSSR count). The maximum Gasteiger partial charge on any atom is 0.326 e. The Morgan fingerprint density at radius 2 is 1.35 bits per heavy atom. The van der Waals surface area contributed by atoms with Crippen molar-refractivity contribution in [2.45, 2.75) is 85.0 Å². The summed E-state index contributed by atoms with van der Waals surface area (Å²) in [6.07, 6.45) is 0.970. The molecule has 0 radical (unpaired) electrons. The number of rotatable bonds is 15. The summed E-state index contributed by atoms with van der Waals surface area (Å²) >= 11 is 0. The molecule has 0 aliphatic rings. The first-order valence-electron chi connectivity index (χ1n) is 11.6. The Morgan fingerprint density at radius 3 is 1.79 bits per heavy atom. The highest BCUT2D eigenvalue weighted by atomic mass is 16.4. The summed E-state index contributed by atoms with van der Waals surface area (Å²) in [6.45, 7) is 10.9. The van der Waals surface area contributed by atoms with Gasteiger partial charge in [0, 0.05) is 6.54 Å². The first-order chi connectivity index (χ1) is 15.7. The van der Waals surface area contributed by atoms with Crippen LogP contribution in [0.2, 0.25) is 0 Å². The Hall–Kier alpha value is -2.89. The van der Waals surface area contributed by atoms with E-state index >= 15 is 0 Å². The number of carboxylic acids is 1. The van der Waals surface area contributed by atoms with Crippen molar-refractivity contribution < 1.29 is 24.3 Å². The lowest BCUT2D eigenvalue weighted by molar-refractivity contribution is -0.143. The standard InChI is InChI=1S/C22H43N7O5/c1-11(2)10-14(23)18(30)28-16(12(3)4)20(32)27-15(8-7-9-26-22(24)25)19(31)29-17(13(5)6)21(33)34/h11-17H,7-10,23H2,1-6H3,(H,27,32)(H,28,30)(H,29,31)(H,33,34)(H4,24,25,26). The molecule has 0 aliphatic carbocycles. The highest BCUT2D eigenvalue weighted by molar-refractivity contribution is 5.94. The summed E-state index contributed by atoms with van der Waals surface area (Å²) in [5, 5.41) is 17.2. The number of aliphatic imine (C=N–C) groups is 1. The van der Waals surface area contributed by atoms with Gasteiger partial charge in [0.05, 0.1) is 6.04 Å². The molecular formula is C22H43N7O5. The van der Waals surface area contributed by atoms with Gasteiger partial charge in [-0.25, -0.2) is 4.79 Å². The number of guanidine groups is 1. The Balaban J connectivity index is 5.54. The van der Waals surface area contributed by atoms with Gasteiger partial charge in [0.2, 0.25) is 17.7 Å². The van der Waals surface area contributed by atoms with Crippen LogP contribution in [0, 0.1) is 17.8 Å². The Bertz CT molecular complexity index is 720. The zero-order chi connectivity index (χ0) is 26.6. The van der Waals surface area contributed by atoms with Crippen molar-refractivity contribution in [3.63, 3.8) is 0 Å². The van der Waals surface area contributed by atoms with E-state index in [0.717, 1.165) is 0 Å². The van der Waals surface area contributed by atoms with Crippen LogP contribution in [0.5, 0.6) is 0 Å². The van der Waals surface area contributed by atoms with Gasteiger partial charge in [0.1, 0.15) is 18.1 Å². The molecule has 0 aromatic carbocycles. The Kier molecular flexibility index (Phi) is 13.8. The van der Waals surface area contributed by atoms with Crippen LogP contribution in [0.1, 0.15) is 60.8 Å². The number of hydrogen-bond donors (Lipinski definition) is 7. The fraction of sp³-hybridized carbons (Fsp3) is 0.773. The molecule has 4 atom stereocenters. The highest BCUT2D eigenvalue weighted by Gasteiger charge is 2.32. The lowest BCUT2D eigenvalue weighted by atomic mass is 9.99. The molecule has 0 fully saturated rings. The second-order valence-electron chi connectivity index (χ2n) is 9.54. The average molecular weight is 486 g/mol. The van der Waals surface area contributed by atoms with Crippen molar-refractivity contribution in [1.82, 2.24) is 16.0 Å². The van der Waals surface area contributed by atoms with Crippen molar-refractivity contribution in [2.75, 3.05) is 6.54 Å². The van der Waals surface area contributed by atoms with Gasteiger partial charge in [-0.05, 0) is 37.0 Å². The number of carbonyl (C=O) groups is 4. The molecule has 0 aromatic heterocycles. The quantitative estimate of drug-likeness (QED) is 0.0888. The van der Waals surface area contributed by atoms with E-state index in [1.165, 1.54) is 0 Å². The molecule has 196 valence electrons. The van der Waals surface area contributed by atoms with Crippen molar-refractivity contribution in [3.05, 3.63) is 0 Å². The molecule has 0 saturated carbocycles. The van der Waals surface area contributed by atoms with Crippen LogP contribution >= 0.6 is 0 Å². The average Bonchev–Trinajstić information content (AvgIpc) is 2.70. The van der Waals surface area contributed by atoms with E-state index in [2.05, 4.69) is 20.9 Å². The summed E-state index contributed by atoms with van der Waals surface area (Å²) in [5.74, 6) is -3.41. The summed E-state index contributed by atoms with van der Waals surface area (Å²) in [7, 11) is 0. The highest BCUT2D eigenvalue weighted by Crippen LogP contribution is 2.09. The van der Waals surface area contributed by atoms with Gasteiger partial charge in [-0.2, -0.15) is 0 Å². The van der Waals surface area contributed by atoms with E-state index < -0.39 is 47.9 Å². The van der Waals surface area contributed by atoms with Crippen molar-refractivity contribution in [3.8, 4) is 0 Å². The van der Waals surface area contributed by atoms with Gasteiger partial charge in [-0.15, -0.1) is 0 Å². The van der Waals surface area contributed by atoms with Gasteiger partial charge in [0.15, 0.2) is 5.96 Å². The maximum atomic E-state index is 13.0. The molecule has 0 saturated heterocycles. The molecule has 12 heteroatoms. The second kappa shape index (κ2) is 15.1. The van der Waals surface area contributed by atoms with Crippen molar-refractivity contribution in [2.24, 2.45) is 39.9 Å². The van der Waals surface area contributed by atoms with E-state index in [0.29, 0.717) is 12.8 Å². The predicted molar refractivity (Wildman–Crippen MR) is 130 cm³/mol. The summed E-state index contributed by atoms with van der Waals surface area (Å²) in [4.78, 5) is 53.8. The molecular weight excluding hydrogens is 442 g/mol. The molecule has 34 heavy (non-hydrogen) atoms. The zero-order valence-corrected chi connectivity index (χ0v) is 21.1. The third-order valence-corrected chi connectivity index (χ3v) is 5.12. The van der Waals surface area contributed by atoms with Crippen LogP contribution in [0.4, 0.5) is 0 Å². The summed E-state index contributed by atoms with van der Waals surface area (Å²) < 4.78 is 0. The molecule has 10 N–H and O–H groups in total. The fourth-order valence-electron chi connectivity index (χ4n) is 3.21. The molecule has 0 aromatic rings. The van der Waals surface area contributed by atoms with Crippen molar-refractivity contribution >= 4 is 29.7 Å². The normalized spacial score (nSPS) is 14.8. The van der Waals surface area contributed by atoms with Crippen LogP contribution in [0.25, 0.3) is 0 Å². The first kappa shape index (κ1) is 31.1. The number of carboxylic acid groups (broad SMARTS) is 1. The largest absolute Gasteiger partial charge is 0.480 e. The van der Waals surface area contributed by atoms with Crippen LogP contribution in [-0.4, -0.2) is 65.5 Å². The van der Waals surface area contributed by atoms with Crippen LogP contribution in [-0.2, 0) is 19.2 Å². The predicted octanol–water partition coefficient (Wildman–Crippen LogP) is -0.736. The number of nitrogens with zero attached hydrogens (tertiary/aromatic N) is 1. The topological polar surface area (TPSA) is 215 Å². The lowest BCUT2D eigenvalue weighted by Gasteiger charge is -2.27. The molecule has 0 spiro atoms. The van der Waals surface area contributed by atoms with Gasteiger partial charge in [-0.1, -0.05) is 41.5 Å². The maximum absolute atomic E-state index is 13.0. The van der Waals surface area contributed by atoms with Crippen LogP contribution in [0.3, 0.4) is 0 Å². The number of nitrogens with one attached hydrogen (secondary N) is 3. The Morgan fingerprint density at radius 1 is 0.824 bits per heavy atom. The van der Waals surface area contributed by atoms with Crippen LogP contribution < -0.4 is 33.2 Å². The fourth-order valence-corrected chi connectivity index (χ4v) is 3.21. The van der Waals surface area contributed by atoms with Crippen LogP contribution in [0.15, 0.2) is 4.99 Å². The summed E-state index contributed by atoms with van der Waals surface area (Å²) in [6, 6.07) is -3.88. The second-order valence-corrected chi connectivity index (χ2v) is 9.54. The molecule has 12 nitrogen and oxygen atoms in total.